The van der Waals surface area contributed by atoms with Crippen molar-refractivity contribution >= 4 is 112 Å². The van der Waals surface area contributed by atoms with Crippen LogP contribution < -0.4 is 36.1 Å². The standard InChI is InChI=1S/C39H32F3I2N15O2/c1-46-25-6-18(40)4-22-27-31(55-37(56-32(27)53-29(22)25)60-20-10-49-35(43)50-11-20)24-14-47-8-17(24)9-48-26-7-19(41)5-23-28-33(54-30(23)26)57-38(61-21-12-51-36(44)52-13-21)58-34(28)59-3-2-39(42,15-45)16-59/h4-7,10-13,46-48H,2-3,8-9,14-16,45H2,1H3,(H,53,55,56)(H,54,57,58). The van der Waals surface area contributed by atoms with E-state index < -0.39 is 17.3 Å². The van der Waals surface area contributed by atoms with Gasteiger partial charge in [0, 0.05) is 102 Å². The van der Waals surface area contributed by atoms with Gasteiger partial charge in [-0.15, -0.1) is 0 Å². The zero-order valence-corrected chi connectivity index (χ0v) is 36.2. The number of anilines is 3. The third-order valence-electron chi connectivity index (χ3n) is 10.7. The zero-order chi connectivity index (χ0) is 42.0. The molecule has 2 aliphatic rings. The average Bonchev–Trinajstić information content (AvgIpc) is 4.05. The van der Waals surface area contributed by atoms with Gasteiger partial charge in [0.05, 0.1) is 70.2 Å². The van der Waals surface area contributed by atoms with E-state index in [2.05, 4.69) is 55.8 Å². The number of benzene rings is 2. The maximum absolute atomic E-state index is 15.7. The summed E-state index contributed by atoms with van der Waals surface area (Å²) in [6, 6.07) is 5.65. The molecule has 2 aliphatic heterocycles. The number of H-pyrrole nitrogens is 2. The number of nitrogens with zero attached hydrogens (tertiary/aromatic N) is 9. The Morgan fingerprint density at radius 1 is 0.803 bits per heavy atom. The van der Waals surface area contributed by atoms with Crippen LogP contribution in [-0.2, 0) is 0 Å². The lowest BCUT2D eigenvalue weighted by atomic mass is 10.0. The van der Waals surface area contributed by atoms with E-state index in [0.717, 1.165) is 11.1 Å². The van der Waals surface area contributed by atoms with Gasteiger partial charge in [0.1, 0.15) is 34.4 Å². The van der Waals surface area contributed by atoms with Gasteiger partial charge in [-0.2, -0.15) is 19.9 Å². The number of ether oxygens (including phenoxy) is 2. The molecule has 1 saturated heterocycles. The highest BCUT2D eigenvalue weighted by Gasteiger charge is 2.39. The molecule has 22 heteroatoms. The van der Waals surface area contributed by atoms with Crippen LogP contribution in [0.15, 0.2) is 54.6 Å². The molecule has 10 rings (SSSR count). The van der Waals surface area contributed by atoms with E-state index >= 15 is 13.2 Å². The van der Waals surface area contributed by atoms with Gasteiger partial charge in [0.15, 0.2) is 19.2 Å². The Bertz CT molecular complexity index is 3060. The fourth-order valence-electron chi connectivity index (χ4n) is 7.83. The Morgan fingerprint density at radius 3 is 2.02 bits per heavy atom. The second-order valence-corrected chi connectivity index (χ2v) is 16.5. The van der Waals surface area contributed by atoms with Crippen LogP contribution in [-0.4, -0.2) is 102 Å². The molecule has 8 heterocycles. The number of nitrogens with one attached hydrogen (secondary N) is 5. The van der Waals surface area contributed by atoms with Gasteiger partial charge in [-0.1, -0.05) is 0 Å². The summed E-state index contributed by atoms with van der Waals surface area (Å²) in [5.41, 5.74) is 9.43. The van der Waals surface area contributed by atoms with Gasteiger partial charge in [0.25, 0.3) is 0 Å². The van der Waals surface area contributed by atoms with Crippen molar-refractivity contribution in [3.63, 3.8) is 0 Å². The summed E-state index contributed by atoms with van der Waals surface area (Å²) in [5, 5.41) is 12.1. The lowest BCUT2D eigenvalue weighted by Crippen LogP contribution is -2.36. The highest BCUT2D eigenvalue weighted by molar-refractivity contribution is 14.1. The van der Waals surface area contributed by atoms with Gasteiger partial charge >= 0.3 is 12.0 Å². The molecular weight excluding hydrogens is 1020 g/mol. The quantitative estimate of drug-likeness (QED) is 0.0596. The van der Waals surface area contributed by atoms with Gasteiger partial charge in [-0.25, -0.2) is 33.1 Å². The molecule has 61 heavy (non-hydrogen) atoms. The minimum Gasteiger partial charge on any atom is -0.421 e. The van der Waals surface area contributed by atoms with Crippen molar-refractivity contribution in [3.05, 3.63) is 79.6 Å². The van der Waals surface area contributed by atoms with Crippen molar-refractivity contribution in [2.24, 2.45) is 5.73 Å². The summed E-state index contributed by atoms with van der Waals surface area (Å²) in [6.45, 7) is 1.30. The predicted octanol–water partition coefficient (Wildman–Crippen LogP) is 6.58. The second kappa shape index (κ2) is 15.6. The summed E-state index contributed by atoms with van der Waals surface area (Å²) in [7, 11) is 1.71. The number of halogens is 5. The number of hydrogen-bond donors (Lipinski definition) is 6. The molecule has 17 nitrogen and oxygen atoms in total. The fourth-order valence-corrected chi connectivity index (χ4v) is 8.39. The van der Waals surface area contributed by atoms with Crippen molar-refractivity contribution < 1.29 is 22.6 Å². The molecule has 1 unspecified atom stereocenters. The fraction of sp³-hybridized carbons (Fsp3) is 0.231. The molecule has 310 valence electrons. The zero-order valence-electron chi connectivity index (χ0n) is 31.9. The minimum absolute atomic E-state index is 0.0143. The molecule has 0 amide bonds. The van der Waals surface area contributed by atoms with E-state index in [1.807, 2.05) is 45.2 Å². The average molecular weight is 1050 g/mol. The Morgan fingerprint density at radius 2 is 1.39 bits per heavy atom. The SMILES string of the molecule is CNc1cc(F)cc2c1[nH]c1nc(Oc3cnc(I)nc3)nc(C3=C(CNc4cc(F)cc5c4[nH]c4nc(Oc6cnc(I)nc6)nc(N6CCC(F)(CN)C6)c45)CNC3)c12. The van der Waals surface area contributed by atoms with Crippen LogP contribution in [0.2, 0.25) is 0 Å². The van der Waals surface area contributed by atoms with Crippen LogP contribution in [0.25, 0.3) is 49.4 Å². The molecule has 0 radical (unpaired) electrons. The number of hydrogen-bond acceptors (Lipinski definition) is 15. The molecule has 8 aromatic rings. The maximum atomic E-state index is 15.7. The molecular formula is C39H32F3I2N15O2. The molecule has 7 N–H and O–H groups in total. The van der Waals surface area contributed by atoms with Crippen molar-refractivity contribution in [3.8, 4) is 23.5 Å². The Kier molecular flexibility index (Phi) is 10.1. The first-order valence-electron chi connectivity index (χ1n) is 18.9. The van der Waals surface area contributed by atoms with Crippen LogP contribution >= 0.6 is 45.2 Å². The monoisotopic (exact) mass is 1050 g/mol. The van der Waals surface area contributed by atoms with E-state index in [-0.39, 0.29) is 38.1 Å². The lowest BCUT2D eigenvalue weighted by Gasteiger charge is -2.21. The van der Waals surface area contributed by atoms with Crippen LogP contribution in [0, 0.1) is 19.3 Å². The molecule has 2 aromatic carbocycles. The van der Waals surface area contributed by atoms with E-state index in [4.69, 9.17) is 25.2 Å². The van der Waals surface area contributed by atoms with E-state index in [1.165, 1.54) is 49.1 Å². The third kappa shape index (κ3) is 7.43. The van der Waals surface area contributed by atoms with Crippen LogP contribution in [0.3, 0.4) is 0 Å². The van der Waals surface area contributed by atoms with Gasteiger partial charge < -0.3 is 46.0 Å². The number of alkyl halides is 1. The highest BCUT2D eigenvalue weighted by Crippen LogP contribution is 2.41. The van der Waals surface area contributed by atoms with Crippen molar-refractivity contribution in [2.45, 2.75) is 12.1 Å². The predicted molar refractivity (Wildman–Crippen MR) is 240 cm³/mol. The summed E-state index contributed by atoms with van der Waals surface area (Å²) < 4.78 is 59.5. The molecule has 0 saturated carbocycles. The van der Waals surface area contributed by atoms with Gasteiger partial charge in [0.2, 0.25) is 0 Å². The van der Waals surface area contributed by atoms with Crippen molar-refractivity contribution in [1.82, 2.24) is 55.2 Å². The lowest BCUT2D eigenvalue weighted by molar-refractivity contribution is 0.204. The largest absolute Gasteiger partial charge is 0.421 e. The molecule has 0 aliphatic carbocycles. The number of fused-ring (bicyclic) bond motifs is 6. The van der Waals surface area contributed by atoms with Crippen LogP contribution in [0.1, 0.15) is 12.1 Å². The molecule has 1 fully saturated rings. The third-order valence-corrected chi connectivity index (χ3v) is 11.8. The molecule has 0 spiro atoms. The molecule has 1 atom stereocenters. The highest BCUT2D eigenvalue weighted by atomic mass is 127. The Labute approximate surface area is 370 Å². The normalized spacial score (nSPS) is 16.8. The Balaban J connectivity index is 1.06. The summed E-state index contributed by atoms with van der Waals surface area (Å²) in [5.74, 6) is 0.0572. The smallest absolute Gasteiger partial charge is 0.326 e. The van der Waals surface area contributed by atoms with Gasteiger partial charge in [-0.05, 0) is 35.4 Å². The van der Waals surface area contributed by atoms with E-state index in [1.54, 1.807) is 11.9 Å². The topological polar surface area (TPSA) is 219 Å². The molecule has 6 aromatic heterocycles. The first-order valence-corrected chi connectivity index (χ1v) is 21.0. The van der Waals surface area contributed by atoms with Crippen molar-refractivity contribution in [1.29, 1.82) is 0 Å². The minimum atomic E-state index is -1.62. The summed E-state index contributed by atoms with van der Waals surface area (Å²) in [6.07, 6.45) is 6.24. The van der Waals surface area contributed by atoms with E-state index in [9.17, 15) is 0 Å². The summed E-state index contributed by atoms with van der Waals surface area (Å²) in [4.78, 5) is 44.2. The van der Waals surface area contributed by atoms with Crippen LogP contribution in [0.5, 0.6) is 23.5 Å². The van der Waals surface area contributed by atoms with Crippen molar-refractivity contribution in [2.75, 3.05) is 61.8 Å². The number of nitrogens with two attached hydrogens (primary N) is 1. The maximum Gasteiger partial charge on any atom is 0.326 e. The molecule has 0 bridgehead atoms. The number of rotatable bonds is 11. The van der Waals surface area contributed by atoms with Gasteiger partial charge in [-0.3, -0.25) is 0 Å². The van der Waals surface area contributed by atoms with E-state index in [0.29, 0.717) is 106 Å². The second-order valence-electron chi connectivity index (χ2n) is 14.5. The first-order chi connectivity index (χ1) is 29.5. The first kappa shape index (κ1) is 39.4. The van der Waals surface area contributed by atoms with Crippen LogP contribution in [0.4, 0.5) is 30.4 Å². The number of aromatic nitrogens is 10. The summed E-state index contributed by atoms with van der Waals surface area (Å²) >= 11 is 3.99. The Hall–Kier alpha value is -5.73. The number of aromatic amines is 2.